The summed E-state index contributed by atoms with van der Waals surface area (Å²) in [7, 11) is 0. The molecule has 0 saturated heterocycles. The largest absolute Gasteiger partial charge is 0.448 e. The molecule has 30 heavy (non-hydrogen) atoms. The molecule has 0 fully saturated rings. The van der Waals surface area contributed by atoms with Crippen LogP contribution < -0.4 is 16.2 Å². The quantitative estimate of drug-likeness (QED) is 0.633. The van der Waals surface area contributed by atoms with E-state index in [0.29, 0.717) is 18.7 Å². The average Bonchev–Trinajstić information content (AvgIpc) is 2.70. The first kappa shape index (κ1) is 22.8. The average molecular weight is 414 g/mol. The van der Waals surface area contributed by atoms with E-state index in [1.165, 1.54) is 23.7 Å². The molecule has 0 radical (unpaired) electrons. The summed E-state index contributed by atoms with van der Waals surface area (Å²) in [4.78, 5) is 48.2. The summed E-state index contributed by atoms with van der Waals surface area (Å²) in [5, 5.41) is 9.14. The zero-order valence-electron chi connectivity index (χ0n) is 17.5. The van der Waals surface area contributed by atoms with Crippen LogP contribution in [0.5, 0.6) is 0 Å². The summed E-state index contributed by atoms with van der Waals surface area (Å²) in [5.74, 6) is -1.85. The van der Waals surface area contributed by atoms with Crippen molar-refractivity contribution in [3.63, 3.8) is 0 Å². The fourth-order valence-electron chi connectivity index (χ4n) is 2.71. The van der Waals surface area contributed by atoms with E-state index >= 15 is 0 Å². The Labute approximate surface area is 174 Å². The van der Waals surface area contributed by atoms with Gasteiger partial charge in [0.15, 0.2) is 11.8 Å². The number of carbonyl (C=O) groups excluding carboxylic acids is 3. The predicted octanol–water partition coefficient (Wildman–Crippen LogP) is 1.57. The lowest BCUT2D eigenvalue weighted by Gasteiger charge is -2.15. The molecule has 2 rings (SSSR count). The molecule has 1 aromatic heterocycles. The molecule has 2 aromatic rings. The minimum absolute atomic E-state index is 0.0736. The van der Waals surface area contributed by atoms with Crippen LogP contribution in [0.25, 0.3) is 0 Å². The molecular weight excluding hydrogens is 388 g/mol. The molecule has 0 aliphatic heterocycles. The van der Waals surface area contributed by atoms with E-state index in [0.717, 1.165) is 11.1 Å². The van der Waals surface area contributed by atoms with Crippen LogP contribution in [0.15, 0.2) is 35.1 Å². The van der Waals surface area contributed by atoms with Crippen molar-refractivity contribution in [2.75, 3.05) is 11.9 Å². The van der Waals surface area contributed by atoms with E-state index in [4.69, 9.17) is 4.74 Å². The van der Waals surface area contributed by atoms with Gasteiger partial charge in [0.25, 0.3) is 11.5 Å². The van der Waals surface area contributed by atoms with E-state index in [2.05, 4.69) is 15.7 Å². The molecule has 1 atom stereocenters. The Balaban J connectivity index is 1.90. The number of hydrogen-bond acceptors (Lipinski definition) is 6. The summed E-state index contributed by atoms with van der Waals surface area (Å²) in [6.45, 7) is 7.11. The van der Waals surface area contributed by atoms with Crippen LogP contribution in [-0.4, -0.2) is 40.2 Å². The van der Waals surface area contributed by atoms with Crippen molar-refractivity contribution in [1.82, 2.24) is 15.1 Å². The molecule has 0 aliphatic rings. The number of rotatable bonds is 8. The third kappa shape index (κ3) is 6.00. The molecule has 0 spiro atoms. The third-order valence-electron chi connectivity index (χ3n) is 4.33. The van der Waals surface area contributed by atoms with Gasteiger partial charge in [0.05, 0.1) is 6.54 Å². The maximum atomic E-state index is 12.2. The van der Waals surface area contributed by atoms with Gasteiger partial charge in [0, 0.05) is 18.3 Å². The van der Waals surface area contributed by atoms with Crippen molar-refractivity contribution >= 4 is 23.5 Å². The van der Waals surface area contributed by atoms with Gasteiger partial charge in [-0.3, -0.25) is 14.4 Å². The first-order chi connectivity index (χ1) is 14.2. The zero-order valence-corrected chi connectivity index (χ0v) is 17.5. The number of esters is 1. The number of anilines is 1. The Morgan fingerprint density at radius 1 is 1.13 bits per heavy atom. The Hall–Kier alpha value is -3.49. The second-order valence-electron chi connectivity index (χ2n) is 6.86. The normalized spacial score (nSPS) is 11.5. The van der Waals surface area contributed by atoms with Gasteiger partial charge >= 0.3 is 5.97 Å². The lowest BCUT2D eigenvalue weighted by Crippen LogP contribution is -2.40. The molecule has 0 unspecified atom stereocenters. The van der Waals surface area contributed by atoms with Gasteiger partial charge in [0.1, 0.15) is 0 Å². The highest BCUT2D eigenvalue weighted by Gasteiger charge is 2.21. The predicted molar refractivity (Wildman–Crippen MR) is 111 cm³/mol. The van der Waals surface area contributed by atoms with E-state index in [9.17, 15) is 19.2 Å². The zero-order chi connectivity index (χ0) is 22.3. The number of nitrogens with zero attached hydrogens (tertiary/aromatic N) is 2. The molecular formula is C21H26N4O5. The maximum absolute atomic E-state index is 12.2. The Morgan fingerprint density at radius 2 is 1.80 bits per heavy atom. The van der Waals surface area contributed by atoms with Gasteiger partial charge < -0.3 is 15.4 Å². The first-order valence-electron chi connectivity index (χ1n) is 9.65. The lowest BCUT2D eigenvalue weighted by molar-refractivity contribution is -0.130. The van der Waals surface area contributed by atoms with Crippen LogP contribution in [0.2, 0.25) is 0 Å². The maximum Gasteiger partial charge on any atom is 0.359 e. The fourth-order valence-corrected chi connectivity index (χ4v) is 2.71. The van der Waals surface area contributed by atoms with Crippen LogP contribution in [0.3, 0.4) is 0 Å². The van der Waals surface area contributed by atoms with Gasteiger partial charge in [-0.2, -0.15) is 5.10 Å². The van der Waals surface area contributed by atoms with Crippen molar-refractivity contribution in [2.45, 2.75) is 46.8 Å². The summed E-state index contributed by atoms with van der Waals surface area (Å²) in [5.41, 5.74) is 2.12. The number of ether oxygens (including phenoxy) is 1. The standard InChI is InChI=1S/C21H26N4O5/c1-5-11-25-18(27)10-9-16(24-25)21(29)30-15(4)20(28)22-12-17(26)23-19-13(2)7-6-8-14(19)3/h6-10,15H,5,11-12H2,1-4H3,(H,22,28)(H,23,26)/t15-/m1/s1. The Bertz CT molecular complexity index is 979. The van der Waals surface area contributed by atoms with E-state index in [-0.39, 0.29) is 17.8 Å². The lowest BCUT2D eigenvalue weighted by atomic mass is 10.1. The van der Waals surface area contributed by atoms with Gasteiger partial charge in [-0.05, 0) is 44.4 Å². The number of benzene rings is 1. The van der Waals surface area contributed by atoms with Crippen molar-refractivity contribution < 1.29 is 19.1 Å². The molecule has 1 aromatic carbocycles. The molecule has 2 amide bonds. The van der Waals surface area contributed by atoms with E-state index in [1.807, 2.05) is 39.0 Å². The van der Waals surface area contributed by atoms with Crippen LogP contribution in [0, 0.1) is 13.8 Å². The second kappa shape index (κ2) is 10.3. The van der Waals surface area contributed by atoms with Crippen molar-refractivity contribution in [1.29, 1.82) is 0 Å². The first-order valence-corrected chi connectivity index (χ1v) is 9.65. The molecule has 1 heterocycles. The number of hydrogen-bond donors (Lipinski definition) is 2. The smallest absolute Gasteiger partial charge is 0.359 e. The van der Waals surface area contributed by atoms with Gasteiger partial charge in [-0.15, -0.1) is 0 Å². The summed E-state index contributed by atoms with van der Waals surface area (Å²) in [6, 6.07) is 8.11. The van der Waals surface area contributed by atoms with Gasteiger partial charge in [-0.1, -0.05) is 25.1 Å². The van der Waals surface area contributed by atoms with Crippen LogP contribution in [0.4, 0.5) is 5.69 Å². The van der Waals surface area contributed by atoms with Gasteiger partial charge in [-0.25, -0.2) is 9.48 Å². The second-order valence-corrected chi connectivity index (χ2v) is 6.86. The van der Waals surface area contributed by atoms with Gasteiger partial charge in [0.2, 0.25) is 5.91 Å². The topological polar surface area (TPSA) is 119 Å². The summed E-state index contributed by atoms with van der Waals surface area (Å²) < 4.78 is 6.27. The number of carbonyl (C=O) groups is 3. The monoisotopic (exact) mass is 414 g/mol. The highest BCUT2D eigenvalue weighted by atomic mass is 16.5. The van der Waals surface area contributed by atoms with Crippen LogP contribution >= 0.6 is 0 Å². The molecule has 160 valence electrons. The number of amides is 2. The summed E-state index contributed by atoms with van der Waals surface area (Å²) in [6.07, 6.45) is -0.465. The molecule has 2 N–H and O–H groups in total. The number of nitrogens with one attached hydrogen (secondary N) is 2. The SMILES string of the molecule is CCCn1nc(C(=O)O[C@H](C)C(=O)NCC(=O)Nc2c(C)cccc2C)ccc1=O. The highest BCUT2D eigenvalue weighted by Crippen LogP contribution is 2.18. The van der Waals surface area contributed by atoms with E-state index < -0.39 is 23.9 Å². The van der Waals surface area contributed by atoms with Crippen LogP contribution in [0.1, 0.15) is 41.9 Å². The molecule has 0 bridgehead atoms. The molecule has 9 heteroatoms. The minimum Gasteiger partial charge on any atom is -0.448 e. The van der Waals surface area contributed by atoms with Crippen LogP contribution in [-0.2, 0) is 20.9 Å². The van der Waals surface area contributed by atoms with E-state index in [1.54, 1.807) is 0 Å². The molecule has 0 aliphatic carbocycles. The van der Waals surface area contributed by atoms with Crippen molar-refractivity contribution in [3.05, 3.63) is 57.5 Å². The number of aryl methyl sites for hydroxylation is 3. The fraction of sp³-hybridized carbons (Fsp3) is 0.381. The van der Waals surface area contributed by atoms with Crippen molar-refractivity contribution in [2.24, 2.45) is 0 Å². The third-order valence-corrected chi connectivity index (χ3v) is 4.33. The highest BCUT2D eigenvalue weighted by molar-refractivity contribution is 5.96. The Morgan fingerprint density at radius 3 is 2.43 bits per heavy atom. The number of aromatic nitrogens is 2. The molecule has 0 saturated carbocycles. The summed E-state index contributed by atoms with van der Waals surface area (Å²) >= 11 is 0. The molecule has 9 nitrogen and oxygen atoms in total. The number of para-hydroxylation sites is 1. The Kier molecular flexibility index (Phi) is 7.85. The van der Waals surface area contributed by atoms with Crippen molar-refractivity contribution in [3.8, 4) is 0 Å². The minimum atomic E-state index is -1.14.